The van der Waals surface area contributed by atoms with Crippen LogP contribution in [-0.2, 0) is 11.3 Å². The molecule has 1 N–H and O–H groups in total. The Morgan fingerprint density at radius 1 is 1.47 bits per heavy atom. The quantitative estimate of drug-likeness (QED) is 0.894. The summed E-state index contributed by atoms with van der Waals surface area (Å²) in [6.45, 7) is 8.00. The zero-order valence-electron chi connectivity index (χ0n) is 10.7. The highest BCUT2D eigenvalue weighted by Crippen LogP contribution is 2.14. The van der Waals surface area contributed by atoms with E-state index >= 15 is 0 Å². The van der Waals surface area contributed by atoms with Crippen LogP contribution in [0.4, 0.5) is 0 Å². The van der Waals surface area contributed by atoms with Crippen molar-refractivity contribution in [1.82, 2.24) is 10.2 Å². The summed E-state index contributed by atoms with van der Waals surface area (Å²) in [7, 11) is 0. The summed E-state index contributed by atoms with van der Waals surface area (Å²) >= 11 is 3.20. The summed E-state index contributed by atoms with van der Waals surface area (Å²) in [5, 5.41) is 2.74. The van der Waals surface area contributed by atoms with Crippen molar-refractivity contribution >= 4 is 21.8 Å². The number of halogens is 1. The van der Waals surface area contributed by atoms with E-state index in [2.05, 4.69) is 32.7 Å². The van der Waals surface area contributed by atoms with E-state index in [1.54, 1.807) is 6.26 Å². The van der Waals surface area contributed by atoms with Crippen molar-refractivity contribution in [2.45, 2.75) is 6.54 Å². The lowest BCUT2D eigenvalue weighted by Crippen LogP contribution is -2.36. The van der Waals surface area contributed by atoms with E-state index in [0.29, 0.717) is 18.8 Å². The number of amides is 1. The first-order valence-corrected chi connectivity index (χ1v) is 6.94. The maximum atomic E-state index is 12.0. The average Bonchev–Trinajstić information content (AvgIpc) is 2.85. The van der Waals surface area contributed by atoms with E-state index < -0.39 is 0 Å². The smallest absolute Gasteiger partial charge is 0.287 e. The summed E-state index contributed by atoms with van der Waals surface area (Å²) in [6, 6.07) is 1.84. The van der Waals surface area contributed by atoms with Crippen molar-refractivity contribution in [2.24, 2.45) is 0 Å². The molecule has 1 saturated heterocycles. The third-order valence-corrected chi connectivity index (χ3v) is 3.17. The van der Waals surface area contributed by atoms with Gasteiger partial charge in [0.15, 0.2) is 5.76 Å². The molecule has 0 bridgehead atoms. The second-order valence-electron chi connectivity index (χ2n) is 4.36. The SMILES string of the molecule is C=C(Br)CNC(=O)c1occc1CN1CCOCC1. The highest BCUT2D eigenvalue weighted by atomic mass is 79.9. The van der Waals surface area contributed by atoms with E-state index in [4.69, 9.17) is 9.15 Å². The van der Waals surface area contributed by atoms with Gasteiger partial charge in [0, 0.05) is 36.2 Å². The fraction of sp³-hybridized carbons (Fsp3) is 0.462. The fourth-order valence-electron chi connectivity index (χ4n) is 1.92. The highest BCUT2D eigenvalue weighted by molar-refractivity contribution is 9.11. The maximum absolute atomic E-state index is 12.0. The topological polar surface area (TPSA) is 54.7 Å². The molecule has 0 aliphatic carbocycles. The van der Waals surface area contributed by atoms with Crippen LogP contribution in [0.1, 0.15) is 16.1 Å². The molecule has 0 unspecified atom stereocenters. The molecule has 1 aromatic rings. The molecular weight excluding hydrogens is 312 g/mol. The number of hydrogen-bond acceptors (Lipinski definition) is 4. The van der Waals surface area contributed by atoms with Gasteiger partial charge < -0.3 is 14.5 Å². The molecule has 1 aliphatic heterocycles. The van der Waals surface area contributed by atoms with Crippen molar-refractivity contribution in [2.75, 3.05) is 32.8 Å². The third-order valence-electron chi connectivity index (χ3n) is 2.89. The molecule has 0 radical (unpaired) electrons. The third kappa shape index (κ3) is 4.19. The largest absolute Gasteiger partial charge is 0.459 e. The van der Waals surface area contributed by atoms with Crippen LogP contribution in [0.3, 0.4) is 0 Å². The molecule has 0 saturated carbocycles. The highest BCUT2D eigenvalue weighted by Gasteiger charge is 2.18. The molecule has 0 aromatic carbocycles. The molecule has 1 aliphatic rings. The van der Waals surface area contributed by atoms with E-state index in [0.717, 1.165) is 36.3 Å². The van der Waals surface area contributed by atoms with Crippen molar-refractivity contribution in [3.63, 3.8) is 0 Å². The Labute approximate surface area is 120 Å². The van der Waals surface area contributed by atoms with E-state index in [-0.39, 0.29) is 5.91 Å². The van der Waals surface area contributed by atoms with Crippen LogP contribution >= 0.6 is 15.9 Å². The minimum Gasteiger partial charge on any atom is -0.459 e. The van der Waals surface area contributed by atoms with Crippen LogP contribution in [0.15, 0.2) is 27.8 Å². The van der Waals surface area contributed by atoms with Crippen LogP contribution in [-0.4, -0.2) is 43.7 Å². The van der Waals surface area contributed by atoms with Gasteiger partial charge in [-0.05, 0) is 6.07 Å². The Bertz CT molecular complexity index is 452. The standard InChI is InChI=1S/C13H17BrN2O3/c1-10(14)8-15-13(17)12-11(2-5-19-12)9-16-3-6-18-7-4-16/h2,5H,1,3-4,6-9H2,(H,15,17). The Hall–Kier alpha value is -1.11. The lowest BCUT2D eigenvalue weighted by atomic mass is 10.2. The molecule has 2 rings (SSSR count). The predicted octanol–water partition coefficient (Wildman–Crippen LogP) is 1.75. The monoisotopic (exact) mass is 328 g/mol. The Morgan fingerprint density at radius 3 is 2.89 bits per heavy atom. The molecule has 0 atom stereocenters. The number of nitrogens with zero attached hydrogens (tertiary/aromatic N) is 1. The average molecular weight is 329 g/mol. The number of carbonyl (C=O) groups is 1. The van der Waals surface area contributed by atoms with Gasteiger partial charge in [0.25, 0.3) is 5.91 Å². The second kappa shape index (κ2) is 6.88. The van der Waals surface area contributed by atoms with E-state index in [9.17, 15) is 4.79 Å². The first-order valence-electron chi connectivity index (χ1n) is 6.15. The summed E-state index contributed by atoms with van der Waals surface area (Å²) in [5.41, 5.74) is 0.902. The molecule has 5 nitrogen and oxygen atoms in total. The van der Waals surface area contributed by atoms with Gasteiger partial charge in [-0.3, -0.25) is 9.69 Å². The van der Waals surface area contributed by atoms with Gasteiger partial charge in [0.05, 0.1) is 19.5 Å². The van der Waals surface area contributed by atoms with Crippen LogP contribution in [0.25, 0.3) is 0 Å². The number of morpholine rings is 1. The zero-order chi connectivity index (χ0) is 13.7. The van der Waals surface area contributed by atoms with Gasteiger partial charge in [-0.15, -0.1) is 0 Å². The minimum absolute atomic E-state index is 0.214. The molecule has 1 aromatic heterocycles. The summed E-state index contributed by atoms with van der Waals surface area (Å²) < 4.78 is 11.3. The zero-order valence-corrected chi connectivity index (χ0v) is 12.2. The number of hydrogen-bond donors (Lipinski definition) is 1. The van der Waals surface area contributed by atoms with Gasteiger partial charge in [-0.2, -0.15) is 0 Å². The fourth-order valence-corrected chi connectivity index (χ4v) is 2.06. The van der Waals surface area contributed by atoms with Crippen molar-refractivity contribution < 1.29 is 13.9 Å². The minimum atomic E-state index is -0.214. The summed E-state index contributed by atoms with van der Waals surface area (Å²) in [6.07, 6.45) is 1.55. The number of nitrogens with one attached hydrogen (secondary N) is 1. The Balaban J connectivity index is 1.96. The predicted molar refractivity (Wildman–Crippen MR) is 75.2 cm³/mol. The Kier molecular flexibility index (Phi) is 5.18. The van der Waals surface area contributed by atoms with E-state index in [1.165, 1.54) is 0 Å². The first-order chi connectivity index (χ1) is 9.16. The number of ether oxygens (including phenoxy) is 1. The normalized spacial score (nSPS) is 16.3. The van der Waals surface area contributed by atoms with Gasteiger partial charge in [-0.1, -0.05) is 22.5 Å². The van der Waals surface area contributed by atoms with Gasteiger partial charge in [-0.25, -0.2) is 0 Å². The molecule has 0 spiro atoms. The van der Waals surface area contributed by atoms with Crippen molar-refractivity contribution in [3.05, 3.63) is 34.7 Å². The van der Waals surface area contributed by atoms with Crippen LogP contribution in [0, 0.1) is 0 Å². The van der Waals surface area contributed by atoms with Gasteiger partial charge >= 0.3 is 0 Å². The molecule has 104 valence electrons. The summed E-state index contributed by atoms with van der Waals surface area (Å²) in [5.74, 6) is 0.161. The number of carbonyl (C=O) groups excluding carboxylic acids is 1. The van der Waals surface area contributed by atoms with Crippen molar-refractivity contribution in [3.8, 4) is 0 Å². The first kappa shape index (κ1) is 14.3. The van der Waals surface area contributed by atoms with Crippen LogP contribution in [0.2, 0.25) is 0 Å². The molecule has 19 heavy (non-hydrogen) atoms. The molecule has 1 amide bonds. The van der Waals surface area contributed by atoms with Crippen LogP contribution < -0.4 is 5.32 Å². The molecule has 6 heteroatoms. The van der Waals surface area contributed by atoms with Crippen LogP contribution in [0.5, 0.6) is 0 Å². The molecule has 1 fully saturated rings. The van der Waals surface area contributed by atoms with E-state index in [1.807, 2.05) is 6.07 Å². The van der Waals surface area contributed by atoms with Gasteiger partial charge in [0.2, 0.25) is 0 Å². The van der Waals surface area contributed by atoms with Gasteiger partial charge in [0.1, 0.15) is 0 Å². The lowest BCUT2D eigenvalue weighted by molar-refractivity contribution is 0.0339. The van der Waals surface area contributed by atoms with Crippen molar-refractivity contribution in [1.29, 1.82) is 0 Å². The lowest BCUT2D eigenvalue weighted by Gasteiger charge is -2.26. The summed E-state index contributed by atoms with van der Waals surface area (Å²) in [4.78, 5) is 14.2. The maximum Gasteiger partial charge on any atom is 0.287 e. The number of furan rings is 1. The second-order valence-corrected chi connectivity index (χ2v) is 5.48. The molecule has 2 heterocycles. The molecular formula is C13H17BrN2O3. The number of rotatable bonds is 5. The Morgan fingerprint density at radius 2 is 2.21 bits per heavy atom.